The fourth-order valence-electron chi connectivity index (χ4n) is 2.72. The number of benzene rings is 1. The third-order valence-corrected chi connectivity index (χ3v) is 5.84. The first-order valence-corrected chi connectivity index (χ1v) is 9.95. The van der Waals surface area contributed by atoms with Crippen molar-refractivity contribution in [2.45, 2.75) is 17.0 Å². The van der Waals surface area contributed by atoms with Crippen molar-refractivity contribution in [2.75, 3.05) is 0 Å². The molecule has 0 bridgehead atoms. The van der Waals surface area contributed by atoms with Crippen LogP contribution in [0.2, 0.25) is 0 Å². The molecule has 0 amide bonds. The van der Waals surface area contributed by atoms with Crippen LogP contribution >= 0.6 is 23.1 Å². The zero-order valence-electron chi connectivity index (χ0n) is 14.1. The van der Waals surface area contributed by atoms with E-state index in [0.717, 1.165) is 28.9 Å². The van der Waals surface area contributed by atoms with E-state index in [4.69, 9.17) is 0 Å². The first kappa shape index (κ1) is 18.5. The number of aromatic amines is 1. The summed E-state index contributed by atoms with van der Waals surface area (Å²) in [5.74, 6) is 0.869. The molecule has 0 aliphatic rings. The highest BCUT2D eigenvalue weighted by Crippen LogP contribution is 2.39. The van der Waals surface area contributed by atoms with Gasteiger partial charge in [0.2, 0.25) is 0 Å². The molecule has 0 unspecified atom stereocenters. The summed E-state index contributed by atoms with van der Waals surface area (Å²) in [5.41, 5.74) is 0.382. The predicted molar refractivity (Wildman–Crippen MR) is 103 cm³/mol. The molecule has 28 heavy (non-hydrogen) atoms. The minimum atomic E-state index is -4.64. The zero-order chi connectivity index (χ0) is 19.7. The molecule has 140 valence electrons. The highest BCUT2D eigenvalue weighted by atomic mass is 32.2. The van der Waals surface area contributed by atoms with Crippen LogP contribution in [0.3, 0.4) is 0 Å². The van der Waals surface area contributed by atoms with Crippen molar-refractivity contribution in [3.63, 3.8) is 0 Å². The molecule has 1 N–H and O–H groups in total. The third-order valence-electron chi connectivity index (χ3n) is 3.96. The van der Waals surface area contributed by atoms with Crippen LogP contribution in [-0.4, -0.2) is 15.0 Å². The molecule has 1 aromatic carbocycles. The number of nitriles is 1. The first-order chi connectivity index (χ1) is 13.5. The van der Waals surface area contributed by atoms with E-state index in [1.54, 1.807) is 23.6 Å². The van der Waals surface area contributed by atoms with Gasteiger partial charge in [0.15, 0.2) is 0 Å². The Balaban J connectivity index is 1.74. The van der Waals surface area contributed by atoms with Crippen molar-refractivity contribution < 1.29 is 13.2 Å². The molecule has 3 heterocycles. The summed E-state index contributed by atoms with van der Waals surface area (Å²) in [6.07, 6.45) is -4.64. The van der Waals surface area contributed by atoms with Crippen LogP contribution in [-0.2, 0) is 11.9 Å². The Hall–Kier alpha value is -2.83. The number of fused-ring (bicyclic) bond motifs is 1. The molecule has 0 spiro atoms. The number of alkyl halides is 3. The van der Waals surface area contributed by atoms with Crippen molar-refractivity contribution >= 4 is 34.1 Å². The van der Waals surface area contributed by atoms with Crippen LogP contribution in [0.25, 0.3) is 21.6 Å². The van der Waals surface area contributed by atoms with Crippen molar-refractivity contribution in [2.24, 2.45) is 0 Å². The highest BCUT2D eigenvalue weighted by molar-refractivity contribution is 7.98. The molecular formula is C19H11F3N4S2. The fraction of sp³-hybridized carbons (Fsp3) is 0.105. The minimum absolute atomic E-state index is 0.0428. The number of para-hydroxylation sites is 2. The third kappa shape index (κ3) is 3.61. The van der Waals surface area contributed by atoms with Gasteiger partial charge in [-0.05, 0) is 29.6 Å². The monoisotopic (exact) mass is 416 g/mol. The highest BCUT2D eigenvalue weighted by Gasteiger charge is 2.36. The van der Waals surface area contributed by atoms with Gasteiger partial charge >= 0.3 is 6.18 Å². The van der Waals surface area contributed by atoms with Gasteiger partial charge in [-0.3, -0.25) is 0 Å². The SMILES string of the molecule is N#Cc1c(C(F)(F)F)cc(-c2cccs2)nc1SCc1nc2ccccc2[nH]1. The maximum absolute atomic E-state index is 13.5. The Kier molecular flexibility index (Phi) is 4.83. The number of halogens is 3. The molecule has 4 aromatic rings. The molecular weight excluding hydrogens is 405 g/mol. The molecule has 0 fully saturated rings. The molecule has 0 aliphatic carbocycles. The maximum Gasteiger partial charge on any atom is 0.417 e. The summed E-state index contributed by atoms with van der Waals surface area (Å²) in [4.78, 5) is 12.5. The fourth-order valence-corrected chi connectivity index (χ4v) is 4.28. The Morgan fingerprint density at radius 2 is 1.96 bits per heavy atom. The van der Waals surface area contributed by atoms with Gasteiger partial charge in [-0.2, -0.15) is 18.4 Å². The van der Waals surface area contributed by atoms with E-state index in [1.165, 1.54) is 11.3 Å². The Morgan fingerprint density at radius 3 is 2.64 bits per heavy atom. The largest absolute Gasteiger partial charge is 0.417 e. The van der Waals surface area contributed by atoms with Gasteiger partial charge in [0.1, 0.15) is 16.9 Å². The van der Waals surface area contributed by atoms with Crippen LogP contribution < -0.4 is 0 Å². The minimum Gasteiger partial charge on any atom is -0.341 e. The quantitative estimate of drug-likeness (QED) is 0.423. The molecule has 4 nitrogen and oxygen atoms in total. The van der Waals surface area contributed by atoms with E-state index in [9.17, 15) is 18.4 Å². The summed E-state index contributed by atoms with van der Waals surface area (Å²) in [7, 11) is 0. The van der Waals surface area contributed by atoms with Crippen molar-refractivity contribution in [3.05, 3.63) is 64.8 Å². The Labute approximate surface area is 166 Å². The molecule has 9 heteroatoms. The molecule has 4 rings (SSSR count). The molecule has 0 radical (unpaired) electrons. The number of thioether (sulfide) groups is 1. The zero-order valence-corrected chi connectivity index (χ0v) is 15.8. The molecule has 0 saturated heterocycles. The van der Waals surface area contributed by atoms with Gasteiger partial charge < -0.3 is 4.98 Å². The van der Waals surface area contributed by atoms with Gasteiger partial charge in [-0.25, -0.2) is 9.97 Å². The number of imidazole rings is 1. The van der Waals surface area contributed by atoms with Crippen LogP contribution in [0.4, 0.5) is 13.2 Å². The summed E-state index contributed by atoms with van der Waals surface area (Å²) < 4.78 is 40.6. The van der Waals surface area contributed by atoms with Gasteiger partial charge in [0.05, 0.1) is 38.5 Å². The van der Waals surface area contributed by atoms with Crippen LogP contribution in [0, 0.1) is 11.3 Å². The normalized spacial score (nSPS) is 11.6. The summed E-state index contributed by atoms with van der Waals surface area (Å²) >= 11 is 2.35. The number of thiophene rings is 1. The van der Waals surface area contributed by atoms with E-state index < -0.39 is 17.3 Å². The number of nitrogens with zero attached hydrogens (tertiary/aromatic N) is 3. The summed E-state index contributed by atoms with van der Waals surface area (Å²) in [5, 5.41) is 11.2. The Bertz CT molecular complexity index is 1140. The number of aromatic nitrogens is 3. The van der Waals surface area contributed by atoms with E-state index in [2.05, 4.69) is 15.0 Å². The van der Waals surface area contributed by atoms with E-state index in [1.807, 2.05) is 24.3 Å². The lowest BCUT2D eigenvalue weighted by molar-refractivity contribution is -0.138. The average Bonchev–Trinajstić information content (AvgIpc) is 3.34. The second-order valence-electron chi connectivity index (χ2n) is 5.81. The molecule has 0 aliphatic heterocycles. The Morgan fingerprint density at radius 1 is 1.14 bits per heavy atom. The summed E-state index contributed by atoms with van der Waals surface area (Å²) in [6.45, 7) is 0. The lowest BCUT2D eigenvalue weighted by atomic mass is 10.1. The number of rotatable bonds is 4. The van der Waals surface area contributed by atoms with Gasteiger partial charge in [0, 0.05) is 0 Å². The van der Waals surface area contributed by atoms with E-state index in [-0.39, 0.29) is 16.5 Å². The van der Waals surface area contributed by atoms with Gasteiger partial charge in [0.25, 0.3) is 0 Å². The number of hydrogen-bond acceptors (Lipinski definition) is 5. The number of pyridine rings is 1. The molecule has 0 atom stereocenters. The topological polar surface area (TPSA) is 65.4 Å². The second kappa shape index (κ2) is 7.30. The lowest BCUT2D eigenvalue weighted by Crippen LogP contribution is -2.10. The van der Waals surface area contributed by atoms with Gasteiger partial charge in [-0.1, -0.05) is 30.0 Å². The maximum atomic E-state index is 13.5. The van der Waals surface area contributed by atoms with Crippen LogP contribution in [0.15, 0.2) is 52.9 Å². The van der Waals surface area contributed by atoms with E-state index >= 15 is 0 Å². The average molecular weight is 416 g/mol. The lowest BCUT2D eigenvalue weighted by Gasteiger charge is -2.13. The van der Waals surface area contributed by atoms with Crippen LogP contribution in [0.5, 0.6) is 0 Å². The van der Waals surface area contributed by atoms with Crippen LogP contribution in [0.1, 0.15) is 17.0 Å². The van der Waals surface area contributed by atoms with Crippen molar-refractivity contribution in [1.82, 2.24) is 15.0 Å². The second-order valence-corrected chi connectivity index (χ2v) is 7.72. The number of nitrogens with one attached hydrogen (secondary N) is 1. The standard InChI is InChI=1S/C19H11F3N4S2/c20-19(21,22)12-8-15(16-6-3-7-27-16)26-18(11(12)9-23)28-10-17-24-13-4-1-2-5-14(13)25-17/h1-8H,10H2,(H,24,25). The first-order valence-electron chi connectivity index (χ1n) is 8.08. The van der Waals surface area contributed by atoms with Crippen molar-refractivity contribution in [1.29, 1.82) is 5.26 Å². The van der Waals surface area contributed by atoms with Crippen molar-refractivity contribution in [3.8, 4) is 16.6 Å². The number of hydrogen-bond donors (Lipinski definition) is 1. The predicted octanol–water partition coefficient (Wildman–Crippen LogP) is 5.87. The molecule has 0 saturated carbocycles. The smallest absolute Gasteiger partial charge is 0.341 e. The van der Waals surface area contributed by atoms with E-state index in [0.29, 0.717) is 10.7 Å². The summed E-state index contributed by atoms with van der Waals surface area (Å²) in [6, 6.07) is 13.5. The van der Waals surface area contributed by atoms with Gasteiger partial charge in [-0.15, -0.1) is 11.3 Å². The molecule has 3 aromatic heterocycles. The number of H-pyrrole nitrogens is 1.